The fourth-order valence-electron chi connectivity index (χ4n) is 1.84. The van der Waals surface area contributed by atoms with Crippen molar-refractivity contribution in [2.45, 2.75) is 39.7 Å². The number of carboxylic acid groups (broad SMARTS) is 1. The van der Waals surface area contributed by atoms with Crippen LogP contribution in [-0.2, 0) is 22.9 Å². The Bertz CT molecular complexity index is 344. The van der Waals surface area contributed by atoms with Gasteiger partial charge >= 0.3 is 14.8 Å². The van der Waals surface area contributed by atoms with Gasteiger partial charge in [0.1, 0.15) is 0 Å². The lowest BCUT2D eigenvalue weighted by atomic mass is 10.3. The van der Waals surface area contributed by atoms with Gasteiger partial charge in [-0.15, -0.1) is 0 Å². The molecule has 0 saturated heterocycles. The molecule has 22 heavy (non-hydrogen) atoms. The fraction of sp³-hybridized carbons (Fsp3) is 0.714. The summed E-state index contributed by atoms with van der Waals surface area (Å²) in [7, 11) is -2.65. The Balaban J connectivity index is 4.18. The summed E-state index contributed by atoms with van der Waals surface area (Å²) >= 11 is 0. The largest absolute Gasteiger partial charge is 0.500 e. The van der Waals surface area contributed by atoms with E-state index in [9.17, 15) is 9.59 Å². The van der Waals surface area contributed by atoms with E-state index in [0.29, 0.717) is 38.8 Å². The number of amides is 1. The van der Waals surface area contributed by atoms with Crippen LogP contribution in [0.25, 0.3) is 0 Å². The third-order valence-corrected chi connectivity index (χ3v) is 5.76. The van der Waals surface area contributed by atoms with E-state index in [-0.39, 0.29) is 12.3 Å². The molecule has 8 heteroatoms. The Labute approximate surface area is 133 Å². The Kier molecular flexibility index (Phi) is 11.6. The normalized spacial score (nSPS) is 11.8. The first kappa shape index (κ1) is 20.8. The molecule has 7 nitrogen and oxygen atoms in total. The Hall–Kier alpha value is -1.22. The average molecular weight is 333 g/mol. The molecule has 0 atom stereocenters. The van der Waals surface area contributed by atoms with Crippen molar-refractivity contribution in [3.05, 3.63) is 12.2 Å². The molecule has 128 valence electrons. The summed E-state index contributed by atoms with van der Waals surface area (Å²) in [6.07, 6.45) is 3.05. The van der Waals surface area contributed by atoms with Crippen molar-refractivity contribution in [1.29, 1.82) is 0 Å². The molecule has 0 radical (unpaired) electrons. The number of carboxylic acids is 1. The van der Waals surface area contributed by atoms with Crippen LogP contribution < -0.4 is 5.32 Å². The molecule has 0 bridgehead atoms. The molecule has 0 aliphatic carbocycles. The standard InChI is InChI=1S/C14H27NO6Si/c1-4-19-22(20-5-2,21-6-3)12-8-11-15-13(16)9-7-10-14(17)18/h7,9H,4-6,8,10-12H2,1-3H3,(H,15,16)(H,17,18)/b9-7-. The first-order valence-electron chi connectivity index (χ1n) is 7.57. The van der Waals surface area contributed by atoms with Crippen LogP contribution in [-0.4, -0.2) is 52.2 Å². The predicted molar refractivity (Wildman–Crippen MR) is 84.5 cm³/mol. The molecule has 0 spiro atoms. The predicted octanol–water partition coefficient (Wildman–Crippen LogP) is 1.57. The highest BCUT2D eigenvalue weighted by Gasteiger charge is 2.39. The molecule has 2 N–H and O–H groups in total. The van der Waals surface area contributed by atoms with Crippen molar-refractivity contribution in [2.24, 2.45) is 0 Å². The maximum Gasteiger partial charge on any atom is 0.500 e. The molecule has 0 saturated carbocycles. The number of hydrogen-bond donors (Lipinski definition) is 2. The highest BCUT2D eigenvalue weighted by molar-refractivity contribution is 6.60. The average Bonchev–Trinajstić information content (AvgIpc) is 2.44. The van der Waals surface area contributed by atoms with Gasteiger partial charge in [-0.1, -0.05) is 6.08 Å². The van der Waals surface area contributed by atoms with Gasteiger partial charge in [-0.2, -0.15) is 0 Å². The topological polar surface area (TPSA) is 94.1 Å². The van der Waals surface area contributed by atoms with Crippen molar-refractivity contribution in [3.8, 4) is 0 Å². The van der Waals surface area contributed by atoms with Crippen molar-refractivity contribution >= 4 is 20.7 Å². The van der Waals surface area contributed by atoms with E-state index >= 15 is 0 Å². The zero-order valence-electron chi connectivity index (χ0n) is 13.6. The quantitative estimate of drug-likeness (QED) is 0.302. The van der Waals surface area contributed by atoms with Crippen LogP contribution in [0.1, 0.15) is 33.6 Å². The third kappa shape index (κ3) is 9.67. The summed E-state index contributed by atoms with van der Waals surface area (Å²) in [6.45, 7) is 7.72. The van der Waals surface area contributed by atoms with Crippen LogP contribution in [0.5, 0.6) is 0 Å². The molecule has 0 aliphatic rings. The smallest absolute Gasteiger partial charge is 0.481 e. The maximum absolute atomic E-state index is 11.5. The summed E-state index contributed by atoms with van der Waals surface area (Å²) in [5.74, 6) is -1.28. The van der Waals surface area contributed by atoms with Gasteiger partial charge in [0.25, 0.3) is 0 Å². The van der Waals surface area contributed by atoms with Crippen molar-refractivity contribution in [2.75, 3.05) is 26.4 Å². The third-order valence-electron chi connectivity index (χ3n) is 2.61. The number of carbonyl (C=O) groups excluding carboxylic acids is 1. The fourth-order valence-corrected chi connectivity index (χ4v) is 4.46. The van der Waals surface area contributed by atoms with E-state index in [4.69, 9.17) is 18.4 Å². The van der Waals surface area contributed by atoms with Crippen molar-refractivity contribution < 1.29 is 28.0 Å². The Morgan fingerprint density at radius 2 is 1.64 bits per heavy atom. The summed E-state index contributed by atoms with van der Waals surface area (Å²) in [6, 6.07) is 0.627. The minimum Gasteiger partial charge on any atom is -0.481 e. The highest BCUT2D eigenvalue weighted by atomic mass is 28.4. The minimum absolute atomic E-state index is 0.164. The number of hydrogen-bond acceptors (Lipinski definition) is 5. The summed E-state index contributed by atoms with van der Waals surface area (Å²) in [4.78, 5) is 21.8. The van der Waals surface area contributed by atoms with Crippen molar-refractivity contribution in [3.63, 3.8) is 0 Å². The maximum atomic E-state index is 11.5. The monoisotopic (exact) mass is 333 g/mol. The SMILES string of the molecule is CCO[Si](CCCNC(=O)/C=C\CC(=O)O)(OCC)OCC. The molecule has 0 aromatic carbocycles. The van der Waals surface area contributed by atoms with E-state index in [1.807, 2.05) is 20.8 Å². The lowest BCUT2D eigenvalue weighted by Gasteiger charge is -2.28. The number of carbonyl (C=O) groups is 2. The van der Waals surface area contributed by atoms with Gasteiger partial charge in [0, 0.05) is 32.4 Å². The van der Waals surface area contributed by atoms with Crippen LogP contribution in [0.15, 0.2) is 12.2 Å². The molecule has 0 aliphatic heterocycles. The van der Waals surface area contributed by atoms with Gasteiger partial charge in [0.05, 0.1) is 6.42 Å². The van der Waals surface area contributed by atoms with Crippen LogP contribution in [0.3, 0.4) is 0 Å². The van der Waals surface area contributed by atoms with Gasteiger partial charge < -0.3 is 23.7 Å². The summed E-state index contributed by atoms with van der Waals surface area (Å²) in [5.41, 5.74) is 0. The highest BCUT2D eigenvalue weighted by Crippen LogP contribution is 2.17. The van der Waals surface area contributed by atoms with E-state index in [1.165, 1.54) is 12.2 Å². The molecular weight excluding hydrogens is 306 g/mol. The van der Waals surface area contributed by atoms with Crippen LogP contribution >= 0.6 is 0 Å². The van der Waals surface area contributed by atoms with E-state index in [2.05, 4.69) is 5.32 Å². The lowest BCUT2D eigenvalue weighted by Crippen LogP contribution is -2.46. The minimum atomic E-state index is -2.65. The molecule has 0 heterocycles. The molecule has 0 aromatic heterocycles. The Morgan fingerprint density at radius 1 is 1.09 bits per heavy atom. The molecule has 1 amide bonds. The van der Waals surface area contributed by atoms with Crippen LogP contribution in [0.2, 0.25) is 6.04 Å². The molecule has 0 rings (SSSR count). The molecule has 0 unspecified atom stereocenters. The van der Waals surface area contributed by atoms with Crippen molar-refractivity contribution in [1.82, 2.24) is 5.32 Å². The second kappa shape index (κ2) is 12.3. The molecular formula is C14H27NO6Si. The molecule has 0 fully saturated rings. The lowest BCUT2D eigenvalue weighted by molar-refractivity contribution is -0.136. The van der Waals surface area contributed by atoms with Crippen LogP contribution in [0, 0.1) is 0 Å². The zero-order valence-corrected chi connectivity index (χ0v) is 14.6. The summed E-state index contributed by atoms with van der Waals surface area (Å²) in [5, 5.41) is 11.2. The second-order valence-electron chi connectivity index (χ2n) is 4.38. The second-order valence-corrected chi connectivity index (χ2v) is 7.11. The van der Waals surface area contributed by atoms with Crippen LogP contribution in [0.4, 0.5) is 0 Å². The Morgan fingerprint density at radius 3 is 2.09 bits per heavy atom. The van der Waals surface area contributed by atoms with Gasteiger partial charge in [0.15, 0.2) is 0 Å². The zero-order chi connectivity index (χ0) is 16.8. The van der Waals surface area contributed by atoms with Gasteiger partial charge in [-0.05, 0) is 33.3 Å². The van der Waals surface area contributed by atoms with Gasteiger partial charge in [-0.3, -0.25) is 9.59 Å². The number of nitrogens with one attached hydrogen (secondary N) is 1. The van der Waals surface area contributed by atoms with E-state index < -0.39 is 14.8 Å². The summed E-state index contributed by atoms with van der Waals surface area (Å²) < 4.78 is 17.1. The number of aliphatic carboxylic acids is 1. The van der Waals surface area contributed by atoms with Gasteiger partial charge in [-0.25, -0.2) is 0 Å². The first-order chi connectivity index (χ1) is 10.5. The van der Waals surface area contributed by atoms with E-state index in [0.717, 1.165) is 0 Å². The first-order valence-corrected chi connectivity index (χ1v) is 9.50. The van der Waals surface area contributed by atoms with Gasteiger partial charge in [0.2, 0.25) is 5.91 Å². The number of rotatable bonds is 13. The molecule has 0 aromatic rings. The van der Waals surface area contributed by atoms with E-state index in [1.54, 1.807) is 0 Å².